The fraction of sp³-hybridized carbons (Fsp3) is 0.500. The number of ether oxygens (including phenoxy) is 2. The minimum absolute atomic E-state index is 0.369. The molecule has 2 fully saturated rings. The van der Waals surface area contributed by atoms with E-state index in [0.29, 0.717) is 17.4 Å². The smallest absolute Gasteiger partial charge is 0.168 e. The van der Waals surface area contributed by atoms with Crippen LogP contribution in [-0.4, -0.2) is 19.0 Å². The monoisotopic (exact) mass is 386 g/mol. The Balaban J connectivity index is 1.37. The van der Waals surface area contributed by atoms with Crippen molar-refractivity contribution < 1.29 is 18.3 Å². The maximum Gasteiger partial charge on any atom is 0.168 e. The van der Waals surface area contributed by atoms with Gasteiger partial charge in [-0.3, -0.25) is 0 Å². The second-order valence-corrected chi connectivity index (χ2v) is 8.21. The van der Waals surface area contributed by atoms with Crippen LogP contribution in [0.4, 0.5) is 8.78 Å². The van der Waals surface area contributed by atoms with Crippen LogP contribution in [0.15, 0.2) is 42.5 Å². The Morgan fingerprint density at radius 1 is 0.893 bits per heavy atom. The minimum Gasteiger partial charge on any atom is -0.350 e. The number of hydrogen-bond donors (Lipinski definition) is 0. The third kappa shape index (κ3) is 4.13. The van der Waals surface area contributed by atoms with Gasteiger partial charge in [-0.25, -0.2) is 8.78 Å². The number of rotatable bonds is 4. The van der Waals surface area contributed by atoms with E-state index in [-0.39, 0.29) is 5.79 Å². The van der Waals surface area contributed by atoms with Crippen molar-refractivity contribution in [1.29, 1.82) is 0 Å². The highest BCUT2D eigenvalue weighted by molar-refractivity contribution is 5.63. The van der Waals surface area contributed by atoms with E-state index in [9.17, 15) is 8.78 Å². The Morgan fingerprint density at radius 2 is 1.54 bits per heavy atom. The van der Waals surface area contributed by atoms with E-state index in [1.54, 1.807) is 6.07 Å². The third-order valence-corrected chi connectivity index (χ3v) is 6.24. The van der Waals surface area contributed by atoms with Gasteiger partial charge in [0, 0.05) is 18.8 Å². The van der Waals surface area contributed by atoms with Crippen molar-refractivity contribution in [2.45, 2.75) is 57.2 Å². The van der Waals surface area contributed by atoms with Gasteiger partial charge in [-0.1, -0.05) is 43.7 Å². The summed E-state index contributed by atoms with van der Waals surface area (Å²) in [6.07, 6.45) is 6.30. The lowest BCUT2D eigenvalue weighted by Gasteiger charge is -2.44. The van der Waals surface area contributed by atoms with Crippen molar-refractivity contribution >= 4 is 0 Å². The Morgan fingerprint density at radius 3 is 2.14 bits per heavy atom. The first kappa shape index (κ1) is 19.5. The zero-order chi connectivity index (χ0) is 19.6. The van der Waals surface area contributed by atoms with E-state index in [0.717, 1.165) is 44.5 Å². The van der Waals surface area contributed by atoms with Crippen molar-refractivity contribution in [3.05, 3.63) is 59.7 Å². The molecule has 0 unspecified atom stereocenters. The van der Waals surface area contributed by atoms with E-state index in [4.69, 9.17) is 9.47 Å². The van der Waals surface area contributed by atoms with E-state index >= 15 is 0 Å². The van der Waals surface area contributed by atoms with E-state index < -0.39 is 11.6 Å². The molecule has 0 atom stereocenters. The van der Waals surface area contributed by atoms with Crippen molar-refractivity contribution in [3.63, 3.8) is 0 Å². The molecule has 150 valence electrons. The summed E-state index contributed by atoms with van der Waals surface area (Å²) in [7, 11) is 0. The molecule has 1 spiro atoms. The molecule has 0 amide bonds. The zero-order valence-electron chi connectivity index (χ0n) is 16.4. The van der Waals surface area contributed by atoms with Crippen molar-refractivity contribution in [1.82, 2.24) is 0 Å². The first-order valence-electron chi connectivity index (χ1n) is 10.4. The summed E-state index contributed by atoms with van der Waals surface area (Å²) in [4.78, 5) is 0. The van der Waals surface area contributed by atoms with Crippen LogP contribution in [0.3, 0.4) is 0 Å². The van der Waals surface area contributed by atoms with Gasteiger partial charge in [-0.2, -0.15) is 0 Å². The topological polar surface area (TPSA) is 18.5 Å². The summed E-state index contributed by atoms with van der Waals surface area (Å²) in [6, 6.07) is 12.2. The molecule has 0 bridgehead atoms. The molecule has 2 nitrogen and oxygen atoms in total. The number of hydrogen-bond acceptors (Lipinski definition) is 2. The molecule has 1 heterocycles. The standard InChI is InChI=1S/C24H28F2O2/c1-2-3-17-15-27-24(28-16-17)12-10-20(11-13-24)18-4-6-19(7-5-18)21-8-9-22(25)23(26)14-21/h4-9,14,17,20H,2-3,10-13,15-16H2,1H3. The molecule has 2 aromatic rings. The average molecular weight is 386 g/mol. The molecule has 1 aliphatic carbocycles. The quantitative estimate of drug-likeness (QED) is 0.601. The van der Waals surface area contributed by atoms with Crippen LogP contribution in [0.25, 0.3) is 11.1 Å². The van der Waals surface area contributed by atoms with E-state index in [1.807, 2.05) is 12.1 Å². The zero-order valence-corrected chi connectivity index (χ0v) is 16.4. The molecule has 0 N–H and O–H groups in total. The minimum atomic E-state index is -0.815. The summed E-state index contributed by atoms with van der Waals surface area (Å²) >= 11 is 0. The largest absolute Gasteiger partial charge is 0.350 e. The molecule has 4 rings (SSSR count). The first-order chi connectivity index (χ1) is 13.6. The SMILES string of the molecule is CCCC1COC2(CCC(c3ccc(-c4ccc(F)c(F)c4)cc3)CC2)OC1. The maximum atomic E-state index is 13.5. The number of benzene rings is 2. The van der Waals surface area contributed by atoms with Gasteiger partial charge in [0.15, 0.2) is 17.4 Å². The van der Waals surface area contributed by atoms with Crippen LogP contribution in [0.5, 0.6) is 0 Å². The van der Waals surface area contributed by atoms with Crippen LogP contribution in [-0.2, 0) is 9.47 Å². The second-order valence-electron chi connectivity index (χ2n) is 8.21. The van der Waals surface area contributed by atoms with Crippen molar-refractivity contribution in [2.24, 2.45) is 5.92 Å². The molecule has 1 aliphatic heterocycles. The average Bonchev–Trinajstić information content (AvgIpc) is 2.73. The van der Waals surface area contributed by atoms with Gasteiger partial charge in [0.05, 0.1) is 13.2 Å². The van der Waals surface area contributed by atoms with Gasteiger partial charge in [0.1, 0.15) is 0 Å². The van der Waals surface area contributed by atoms with Gasteiger partial charge in [-0.15, -0.1) is 0 Å². The van der Waals surface area contributed by atoms with Crippen molar-refractivity contribution in [3.8, 4) is 11.1 Å². The van der Waals surface area contributed by atoms with Crippen LogP contribution in [0.1, 0.15) is 56.9 Å². The van der Waals surface area contributed by atoms with Crippen LogP contribution in [0, 0.1) is 17.6 Å². The highest BCUT2D eigenvalue weighted by atomic mass is 19.2. The van der Waals surface area contributed by atoms with Crippen LogP contribution in [0.2, 0.25) is 0 Å². The van der Waals surface area contributed by atoms with Gasteiger partial charge in [0.25, 0.3) is 0 Å². The fourth-order valence-corrected chi connectivity index (χ4v) is 4.51. The van der Waals surface area contributed by atoms with Gasteiger partial charge in [0.2, 0.25) is 0 Å². The summed E-state index contributed by atoms with van der Waals surface area (Å²) in [5.74, 6) is -0.966. The highest BCUT2D eigenvalue weighted by Gasteiger charge is 2.41. The molecular formula is C24H28F2O2. The third-order valence-electron chi connectivity index (χ3n) is 6.24. The van der Waals surface area contributed by atoms with E-state index in [1.165, 1.54) is 30.5 Å². The molecule has 28 heavy (non-hydrogen) atoms. The highest BCUT2D eigenvalue weighted by Crippen LogP contribution is 2.43. The molecule has 0 aromatic heterocycles. The normalized spacial score (nSPS) is 27.8. The Hall–Kier alpha value is -1.78. The Labute approximate surface area is 165 Å². The van der Waals surface area contributed by atoms with Gasteiger partial charge < -0.3 is 9.47 Å². The molecular weight excluding hydrogens is 358 g/mol. The van der Waals surface area contributed by atoms with E-state index in [2.05, 4.69) is 19.1 Å². The summed E-state index contributed by atoms with van der Waals surface area (Å²) in [5, 5.41) is 0. The number of halogens is 2. The summed E-state index contributed by atoms with van der Waals surface area (Å²) in [5.41, 5.74) is 2.88. The lowest BCUT2D eigenvalue weighted by Crippen LogP contribution is -2.46. The lowest BCUT2D eigenvalue weighted by molar-refractivity contribution is -0.296. The predicted octanol–water partition coefficient (Wildman–Crippen LogP) is 6.45. The van der Waals surface area contributed by atoms with Crippen LogP contribution >= 0.6 is 0 Å². The van der Waals surface area contributed by atoms with Crippen molar-refractivity contribution in [2.75, 3.05) is 13.2 Å². The Bertz CT molecular complexity index is 785. The second kappa shape index (κ2) is 8.30. The van der Waals surface area contributed by atoms with Gasteiger partial charge in [-0.05, 0) is 54.0 Å². The predicted molar refractivity (Wildman–Crippen MR) is 106 cm³/mol. The Kier molecular flexibility index (Phi) is 5.79. The fourth-order valence-electron chi connectivity index (χ4n) is 4.51. The summed E-state index contributed by atoms with van der Waals surface area (Å²) < 4.78 is 38.9. The molecule has 1 saturated carbocycles. The maximum absolute atomic E-state index is 13.5. The molecule has 1 saturated heterocycles. The lowest BCUT2D eigenvalue weighted by atomic mass is 9.80. The molecule has 4 heteroatoms. The van der Waals surface area contributed by atoms with Crippen LogP contribution < -0.4 is 0 Å². The molecule has 0 radical (unpaired) electrons. The summed E-state index contributed by atoms with van der Waals surface area (Å²) in [6.45, 7) is 3.84. The first-order valence-corrected chi connectivity index (χ1v) is 10.4. The molecule has 2 aliphatic rings. The van der Waals surface area contributed by atoms with Gasteiger partial charge >= 0.3 is 0 Å². The molecule has 2 aromatic carbocycles.